The molecule has 0 nitrogen and oxygen atoms in total. The largest absolute Gasteiger partial charge is 0.206 e. The Bertz CT molecular complexity index is 1490. The third kappa shape index (κ3) is 2.79. The van der Waals surface area contributed by atoms with E-state index >= 15 is 4.39 Å². The molecule has 0 aliphatic heterocycles. The predicted octanol–water partition coefficient (Wildman–Crippen LogP) is 8.16. The second-order valence-corrected chi connectivity index (χ2v) is 7.27. The number of fused-ring (bicyclic) bond motifs is 2. The molecule has 6 heteroatoms. The number of rotatable bonds is 2. The second-order valence-electron chi connectivity index (χ2n) is 7.27. The molecule has 0 aromatic heterocycles. The van der Waals surface area contributed by atoms with Gasteiger partial charge in [0.05, 0.1) is 5.56 Å². The predicted molar refractivity (Wildman–Crippen MR) is 112 cm³/mol. The molecule has 5 rings (SSSR count). The Morgan fingerprint density at radius 1 is 0.375 bits per heavy atom. The summed E-state index contributed by atoms with van der Waals surface area (Å²) in [7, 11) is 0. The summed E-state index contributed by atoms with van der Waals surface area (Å²) in [6.45, 7) is 0. The Morgan fingerprint density at radius 3 is 1.50 bits per heavy atom. The third-order valence-corrected chi connectivity index (χ3v) is 5.52. The molecule has 0 spiro atoms. The summed E-state index contributed by atoms with van der Waals surface area (Å²) in [6, 6.07) is 19.4. The molecule has 5 aromatic rings. The Hall–Kier alpha value is -3.80. The molecule has 0 heterocycles. The van der Waals surface area contributed by atoms with Crippen molar-refractivity contribution < 1.29 is 26.3 Å². The highest BCUT2D eigenvalue weighted by Gasteiger charge is 2.30. The minimum absolute atomic E-state index is 0.159. The minimum atomic E-state index is -2.27. The first-order valence-corrected chi connectivity index (χ1v) is 9.62. The Labute approximate surface area is 178 Å². The van der Waals surface area contributed by atoms with E-state index in [1.807, 2.05) is 0 Å². The van der Waals surface area contributed by atoms with Crippen LogP contribution >= 0.6 is 0 Å². The van der Waals surface area contributed by atoms with Crippen LogP contribution in [0.5, 0.6) is 0 Å². The monoisotopic (exact) mass is 438 g/mol. The molecule has 0 aliphatic rings. The Balaban J connectivity index is 2.09. The highest BCUT2D eigenvalue weighted by Crippen LogP contribution is 2.46. The van der Waals surface area contributed by atoms with Gasteiger partial charge in [0.1, 0.15) is 5.82 Å². The van der Waals surface area contributed by atoms with E-state index in [0.717, 1.165) is 6.07 Å². The lowest BCUT2D eigenvalue weighted by Gasteiger charge is -2.19. The minimum Gasteiger partial charge on any atom is -0.206 e. The summed E-state index contributed by atoms with van der Waals surface area (Å²) in [6.07, 6.45) is 0. The van der Waals surface area contributed by atoms with E-state index < -0.39 is 40.5 Å². The first-order chi connectivity index (χ1) is 15.4. The van der Waals surface area contributed by atoms with Crippen LogP contribution in [0.3, 0.4) is 0 Å². The van der Waals surface area contributed by atoms with Gasteiger partial charge in [0.25, 0.3) is 0 Å². The van der Waals surface area contributed by atoms with Crippen molar-refractivity contribution in [1.82, 2.24) is 0 Å². The van der Waals surface area contributed by atoms with Crippen LogP contribution in [0.2, 0.25) is 0 Å². The van der Waals surface area contributed by atoms with Crippen molar-refractivity contribution >= 4 is 21.5 Å². The molecule has 0 unspecified atom stereocenters. The average Bonchev–Trinajstić information content (AvgIpc) is 2.82. The van der Waals surface area contributed by atoms with Crippen molar-refractivity contribution in [2.24, 2.45) is 0 Å². The van der Waals surface area contributed by atoms with Crippen LogP contribution in [-0.4, -0.2) is 0 Å². The molecule has 0 amide bonds. The lowest BCUT2D eigenvalue weighted by molar-refractivity contribution is 0.381. The first kappa shape index (κ1) is 20.1. The number of hydrogen-bond acceptors (Lipinski definition) is 0. The van der Waals surface area contributed by atoms with Crippen LogP contribution in [0.1, 0.15) is 0 Å². The van der Waals surface area contributed by atoms with Crippen molar-refractivity contribution in [1.29, 1.82) is 0 Å². The van der Waals surface area contributed by atoms with E-state index in [4.69, 9.17) is 0 Å². The molecule has 0 aliphatic carbocycles. The van der Waals surface area contributed by atoms with Gasteiger partial charge in [0.15, 0.2) is 23.3 Å². The van der Waals surface area contributed by atoms with Gasteiger partial charge in [0.2, 0.25) is 5.82 Å². The lowest BCUT2D eigenvalue weighted by Crippen LogP contribution is -2.05. The van der Waals surface area contributed by atoms with Crippen LogP contribution < -0.4 is 0 Å². The molecule has 0 N–H and O–H groups in total. The summed E-state index contributed by atoms with van der Waals surface area (Å²) < 4.78 is 86.8. The maximum absolute atomic E-state index is 15.2. The molecule has 0 bridgehead atoms. The van der Waals surface area contributed by atoms with Gasteiger partial charge < -0.3 is 0 Å². The van der Waals surface area contributed by atoms with E-state index in [1.54, 1.807) is 54.6 Å². The second kappa shape index (κ2) is 7.41. The number of hydrogen-bond donors (Lipinski definition) is 0. The molecule has 0 atom stereocenters. The van der Waals surface area contributed by atoms with Crippen molar-refractivity contribution in [2.75, 3.05) is 0 Å². The zero-order chi connectivity index (χ0) is 22.6. The van der Waals surface area contributed by atoms with Gasteiger partial charge in [-0.05, 0) is 33.4 Å². The highest BCUT2D eigenvalue weighted by atomic mass is 19.2. The van der Waals surface area contributed by atoms with Crippen LogP contribution in [-0.2, 0) is 0 Å². The van der Waals surface area contributed by atoms with Gasteiger partial charge in [-0.25, -0.2) is 26.3 Å². The zero-order valence-corrected chi connectivity index (χ0v) is 16.2. The fourth-order valence-electron chi connectivity index (χ4n) is 4.19. The molecule has 32 heavy (non-hydrogen) atoms. The summed E-state index contributed by atoms with van der Waals surface area (Å²) in [5, 5.41) is 0.699. The van der Waals surface area contributed by atoms with Gasteiger partial charge in [0, 0.05) is 10.9 Å². The molecule has 0 fully saturated rings. The van der Waals surface area contributed by atoms with E-state index in [9.17, 15) is 22.0 Å². The van der Waals surface area contributed by atoms with Crippen molar-refractivity contribution in [3.05, 3.63) is 108 Å². The molecule has 0 saturated carbocycles. The van der Waals surface area contributed by atoms with Gasteiger partial charge in [-0.1, -0.05) is 66.7 Å². The van der Waals surface area contributed by atoms with Crippen molar-refractivity contribution in [3.8, 4) is 22.3 Å². The van der Waals surface area contributed by atoms with Crippen LogP contribution in [0.15, 0.2) is 72.8 Å². The van der Waals surface area contributed by atoms with Crippen LogP contribution in [0.4, 0.5) is 26.3 Å². The topological polar surface area (TPSA) is 0 Å². The number of benzene rings is 5. The molecule has 0 saturated heterocycles. The van der Waals surface area contributed by atoms with E-state index in [0.29, 0.717) is 16.5 Å². The van der Waals surface area contributed by atoms with Crippen molar-refractivity contribution in [3.63, 3.8) is 0 Å². The third-order valence-electron chi connectivity index (χ3n) is 5.52. The van der Waals surface area contributed by atoms with Gasteiger partial charge in [-0.2, -0.15) is 0 Å². The average molecular weight is 438 g/mol. The molecular formula is C26H12F6. The molecule has 5 aromatic carbocycles. The van der Waals surface area contributed by atoms with Gasteiger partial charge in [-0.3, -0.25) is 0 Å². The normalized spacial score (nSPS) is 11.4. The summed E-state index contributed by atoms with van der Waals surface area (Å²) in [4.78, 5) is 0. The maximum atomic E-state index is 15.2. The van der Waals surface area contributed by atoms with Crippen molar-refractivity contribution in [2.45, 2.75) is 0 Å². The molecular weight excluding hydrogens is 426 g/mol. The first-order valence-electron chi connectivity index (χ1n) is 9.62. The molecule has 0 radical (unpaired) electrons. The quantitative estimate of drug-likeness (QED) is 0.113. The maximum Gasteiger partial charge on any atom is 0.200 e. The summed E-state index contributed by atoms with van der Waals surface area (Å²) >= 11 is 0. The van der Waals surface area contributed by atoms with E-state index in [-0.39, 0.29) is 21.7 Å². The van der Waals surface area contributed by atoms with Crippen LogP contribution in [0, 0.1) is 34.9 Å². The van der Waals surface area contributed by atoms with Crippen LogP contribution in [0.25, 0.3) is 43.8 Å². The Morgan fingerprint density at radius 2 is 0.875 bits per heavy atom. The lowest BCUT2D eigenvalue weighted by atomic mass is 9.85. The summed E-state index contributed by atoms with van der Waals surface area (Å²) in [5.41, 5.74) is -0.250. The summed E-state index contributed by atoms with van der Waals surface area (Å²) in [5.74, 6) is -11.3. The van der Waals surface area contributed by atoms with Gasteiger partial charge >= 0.3 is 0 Å². The Kier molecular flexibility index (Phi) is 4.66. The zero-order valence-electron chi connectivity index (χ0n) is 16.2. The SMILES string of the molecule is Fc1c(F)c(F)c(-c2c3ccccc3c(-c3ccccc3)c3cccc(F)c23)c(F)c1F. The smallest absolute Gasteiger partial charge is 0.200 e. The fraction of sp³-hybridized carbons (Fsp3) is 0. The standard InChI is InChI=1S/C26H12F6/c27-17-12-6-11-16-18(13-7-2-1-3-8-13)14-9-4-5-10-15(14)20(19(16)17)21-22(28)24(30)26(32)25(31)23(21)29/h1-12H. The number of halogens is 6. The van der Waals surface area contributed by atoms with E-state index in [2.05, 4.69) is 0 Å². The van der Waals surface area contributed by atoms with Gasteiger partial charge in [-0.15, -0.1) is 0 Å². The fourth-order valence-corrected chi connectivity index (χ4v) is 4.19. The van der Waals surface area contributed by atoms with E-state index in [1.165, 1.54) is 12.1 Å². The molecule has 158 valence electrons. The highest BCUT2D eigenvalue weighted by molar-refractivity contribution is 6.21.